The van der Waals surface area contributed by atoms with Gasteiger partial charge in [0.2, 0.25) is 0 Å². The van der Waals surface area contributed by atoms with E-state index in [0.717, 1.165) is 49.9 Å². The lowest BCUT2D eigenvalue weighted by Crippen LogP contribution is -2.00. The third kappa shape index (κ3) is 7.01. The Labute approximate surface area is 239 Å². The predicted molar refractivity (Wildman–Crippen MR) is 171 cm³/mol. The summed E-state index contributed by atoms with van der Waals surface area (Å²) in [5.74, 6) is 0. The molecule has 0 radical (unpaired) electrons. The maximum atomic E-state index is 5.87. The molecule has 0 saturated carbocycles. The predicted octanol–water partition coefficient (Wildman–Crippen LogP) is 8.34. The van der Waals surface area contributed by atoms with E-state index < -0.39 is 0 Å². The van der Waals surface area contributed by atoms with Crippen LogP contribution in [0.2, 0.25) is 0 Å². The molecule has 0 atom stereocenters. The fourth-order valence-electron chi connectivity index (χ4n) is 5.54. The molecule has 5 aromatic carbocycles. The van der Waals surface area contributed by atoms with Crippen molar-refractivity contribution in [2.24, 2.45) is 0 Å². The number of hydrogen-bond donors (Lipinski definition) is 2. The Balaban J connectivity index is 1.25. The van der Waals surface area contributed by atoms with Gasteiger partial charge in [0.05, 0.1) is 0 Å². The molecule has 0 unspecified atom stereocenters. The van der Waals surface area contributed by atoms with Crippen molar-refractivity contribution in [1.82, 2.24) is 0 Å². The van der Waals surface area contributed by atoms with E-state index in [0.29, 0.717) is 0 Å². The molecular weight excluding hydrogens is 484 g/mol. The average molecular weight is 525 g/mol. The number of nitrogen functional groups attached to an aromatic ring is 2. The summed E-state index contributed by atoms with van der Waals surface area (Å²) in [5.41, 5.74) is 27.0. The summed E-state index contributed by atoms with van der Waals surface area (Å²) in [6, 6.07) is 39.6. The maximum absolute atomic E-state index is 5.87. The minimum Gasteiger partial charge on any atom is -0.399 e. The quantitative estimate of drug-likeness (QED) is 0.180. The number of nitrogens with two attached hydrogens (primary N) is 2. The summed E-state index contributed by atoms with van der Waals surface area (Å²) in [7, 11) is 0. The highest BCUT2D eigenvalue weighted by Crippen LogP contribution is 2.23. The first-order valence-corrected chi connectivity index (χ1v) is 14.5. The van der Waals surface area contributed by atoms with Crippen LogP contribution in [0.25, 0.3) is 0 Å². The summed E-state index contributed by atoms with van der Waals surface area (Å²) in [6.07, 6.45) is 5.88. The van der Waals surface area contributed by atoms with Gasteiger partial charge in [-0.05, 0) is 118 Å². The van der Waals surface area contributed by atoms with Gasteiger partial charge < -0.3 is 11.5 Å². The lowest BCUT2D eigenvalue weighted by Gasteiger charge is -2.14. The molecule has 2 heteroatoms. The van der Waals surface area contributed by atoms with Crippen LogP contribution >= 0.6 is 0 Å². The number of rotatable bonds is 10. The molecule has 40 heavy (non-hydrogen) atoms. The van der Waals surface area contributed by atoms with Gasteiger partial charge in [-0.3, -0.25) is 0 Å². The normalized spacial score (nSPS) is 11.1. The van der Waals surface area contributed by atoms with E-state index in [1.165, 1.54) is 55.6 Å². The fraction of sp³-hybridized carbons (Fsp3) is 0.211. The van der Waals surface area contributed by atoms with E-state index in [1.54, 1.807) is 0 Å². The van der Waals surface area contributed by atoms with Gasteiger partial charge >= 0.3 is 0 Å². The smallest absolute Gasteiger partial charge is 0.0314 e. The van der Waals surface area contributed by atoms with Gasteiger partial charge in [-0.15, -0.1) is 0 Å². The molecule has 0 aromatic heterocycles. The lowest BCUT2D eigenvalue weighted by atomic mass is 9.91. The fourth-order valence-corrected chi connectivity index (χ4v) is 5.54. The summed E-state index contributed by atoms with van der Waals surface area (Å²) < 4.78 is 0. The van der Waals surface area contributed by atoms with Gasteiger partial charge in [0.25, 0.3) is 0 Å². The van der Waals surface area contributed by atoms with E-state index in [1.807, 2.05) is 24.3 Å². The van der Waals surface area contributed by atoms with Crippen LogP contribution in [0, 0.1) is 0 Å². The summed E-state index contributed by atoms with van der Waals surface area (Å²) >= 11 is 0. The average Bonchev–Trinajstić information content (AvgIpc) is 2.98. The van der Waals surface area contributed by atoms with Gasteiger partial charge in [0.1, 0.15) is 0 Å². The van der Waals surface area contributed by atoms with Crippen LogP contribution in [0.3, 0.4) is 0 Å². The second-order valence-corrected chi connectivity index (χ2v) is 10.9. The van der Waals surface area contributed by atoms with Gasteiger partial charge in [0.15, 0.2) is 0 Å². The molecule has 0 saturated heterocycles. The minimum atomic E-state index is 0.811. The summed E-state index contributed by atoms with van der Waals surface area (Å²) in [5, 5.41) is 0. The van der Waals surface area contributed by atoms with Gasteiger partial charge in [-0.1, -0.05) is 98.8 Å². The van der Waals surface area contributed by atoms with Gasteiger partial charge in [-0.2, -0.15) is 0 Å². The highest BCUT2D eigenvalue weighted by Gasteiger charge is 2.08. The van der Waals surface area contributed by atoms with Crippen molar-refractivity contribution in [3.63, 3.8) is 0 Å². The van der Waals surface area contributed by atoms with Crippen molar-refractivity contribution in [3.05, 3.63) is 165 Å². The zero-order valence-electron chi connectivity index (χ0n) is 23.8. The molecule has 5 rings (SSSR count). The Morgan fingerprint density at radius 3 is 1.02 bits per heavy atom. The molecule has 5 aromatic rings. The van der Waals surface area contributed by atoms with Crippen molar-refractivity contribution in [1.29, 1.82) is 0 Å². The molecule has 0 amide bonds. The van der Waals surface area contributed by atoms with Crippen molar-refractivity contribution >= 4 is 11.4 Å². The zero-order valence-corrected chi connectivity index (χ0v) is 23.8. The highest BCUT2D eigenvalue weighted by atomic mass is 14.5. The first kappa shape index (κ1) is 27.3. The van der Waals surface area contributed by atoms with Crippen LogP contribution in [0.15, 0.2) is 109 Å². The molecule has 0 spiro atoms. The highest BCUT2D eigenvalue weighted by molar-refractivity contribution is 5.44. The lowest BCUT2D eigenvalue weighted by molar-refractivity contribution is 1.03. The first-order chi connectivity index (χ1) is 19.5. The molecular formula is C38H40N2. The summed E-state index contributed by atoms with van der Waals surface area (Å²) in [4.78, 5) is 0. The van der Waals surface area contributed by atoms with Crippen molar-refractivity contribution < 1.29 is 0 Å². The van der Waals surface area contributed by atoms with E-state index in [2.05, 4.69) is 98.8 Å². The molecule has 2 nitrogen and oxygen atoms in total. The second kappa shape index (κ2) is 12.7. The molecule has 0 heterocycles. The number of benzene rings is 5. The largest absolute Gasteiger partial charge is 0.399 e. The van der Waals surface area contributed by atoms with E-state index in [-0.39, 0.29) is 0 Å². The Hall–Kier alpha value is -4.30. The van der Waals surface area contributed by atoms with Crippen LogP contribution in [0.4, 0.5) is 11.4 Å². The third-order valence-electron chi connectivity index (χ3n) is 7.89. The van der Waals surface area contributed by atoms with Crippen LogP contribution in [-0.2, 0) is 38.5 Å². The Morgan fingerprint density at radius 1 is 0.350 bits per heavy atom. The number of aryl methyl sites for hydroxylation is 2. The van der Waals surface area contributed by atoms with Gasteiger partial charge in [-0.25, -0.2) is 0 Å². The Morgan fingerprint density at radius 2 is 0.650 bits per heavy atom. The minimum absolute atomic E-state index is 0.811. The van der Waals surface area contributed by atoms with Crippen molar-refractivity contribution in [2.45, 2.75) is 52.4 Å². The summed E-state index contributed by atoms with van der Waals surface area (Å²) in [6.45, 7) is 4.51. The number of anilines is 2. The van der Waals surface area contributed by atoms with Crippen molar-refractivity contribution in [2.75, 3.05) is 11.5 Å². The second-order valence-electron chi connectivity index (χ2n) is 10.9. The van der Waals surface area contributed by atoms with E-state index in [9.17, 15) is 0 Å². The molecule has 4 N–H and O–H groups in total. The monoisotopic (exact) mass is 524 g/mol. The zero-order chi connectivity index (χ0) is 27.9. The molecule has 0 aliphatic carbocycles. The Bertz CT molecular complexity index is 1550. The molecule has 0 aliphatic heterocycles. The number of hydrogen-bond acceptors (Lipinski definition) is 2. The molecule has 202 valence electrons. The Kier molecular flexibility index (Phi) is 8.66. The van der Waals surface area contributed by atoms with Crippen LogP contribution in [0.5, 0.6) is 0 Å². The maximum Gasteiger partial charge on any atom is 0.0314 e. The van der Waals surface area contributed by atoms with E-state index in [4.69, 9.17) is 11.5 Å². The topological polar surface area (TPSA) is 52.0 Å². The van der Waals surface area contributed by atoms with Crippen LogP contribution in [0.1, 0.15) is 69.5 Å². The van der Waals surface area contributed by atoms with Crippen LogP contribution < -0.4 is 11.5 Å². The standard InChI is InChI=1S/C38H40N2/c1-3-33-25-31(22-32-10-16-36(34(4-2)26-32)24-30-13-19-38(40)20-14-30)9-15-35(33)23-29-7-5-27(6-8-29)21-28-11-17-37(39)18-12-28/h5-20,25-26H,3-4,21-24,39-40H2,1-2H3. The van der Waals surface area contributed by atoms with Crippen LogP contribution in [-0.4, -0.2) is 0 Å². The molecule has 0 fully saturated rings. The van der Waals surface area contributed by atoms with Gasteiger partial charge in [0, 0.05) is 11.4 Å². The first-order valence-electron chi connectivity index (χ1n) is 14.5. The molecule has 0 bridgehead atoms. The third-order valence-corrected chi connectivity index (χ3v) is 7.89. The van der Waals surface area contributed by atoms with E-state index >= 15 is 0 Å². The SMILES string of the molecule is CCc1cc(Cc2ccc(Cc3ccc(Cc4ccc(N)cc4)cc3)c(CC)c2)ccc1Cc1ccc(N)cc1. The molecule has 0 aliphatic rings. The van der Waals surface area contributed by atoms with Crippen molar-refractivity contribution in [3.8, 4) is 0 Å².